The Morgan fingerprint density at radius 2 is 1.67 bits per heavy atom. The van der Waals surface area contributed by atoms with E-state index in [4.69, 9.17) is 9.92 Å². The van der Waals surface area contributed by atoms with Gasteiger partial charge in [-0.1, -0.05) is 39.0 Å². The SMILES string of the molecule is CCCCCCCCOS(=O)(=O)CCN. The first-order valence-electron chi connectivity index (χ1n) is 5.69. The van der Waals surface area contributed by atoms with Gasteiger partial charge < -0.3 is 5.73 Å². The Morgan fingerprint density at radius 1 is 1.07 bits per heavy atom. The summed E-state index contributed by atoms with van der Waals surface area (Å²) >= 11 is 0. The minimum atomic E-state index is -3.35. The molecule has 0 spiro atoms. The lowest BCUT2D eigenvalue weighted by Crippen LogP contribution is -2.18. The van der Waals surface area contributed by atoms with Crippen molar-refractivity contribution in [1.82, 2.24) is 0 Å². The van der Waals surface area contributed by atoms with Crippen LogP contribution in [0.1, 0.15) is 45.4 Å². The molecule has 0 bridgehead atoms. The third kappa shape index (κ3) is 10.2. The molecular weight excluding hydrogens is 214 g/mol. The number of unbranched alkanes of at least 4 members (excludes halogenated alkanes) is 5. The Balaban J connectivity index is 3.31. The molecule has 5 heteroatoms. The van der Waals surface area contributed by atoms with Crippen molar-refractivity contribution in [3.63, 3.8) is 0 Å². The van der Waals surface area contributed by atoms with Gasteiger partial charge in [-0.05, 0) is 6.42 Å². The van der Waals surface area contributed by atoms with Crippen molar-refractivity contribution < 1.29 is 12.6 Å². The molecule has 0 saturated carbocycles. The van der Waals surface area contributed by atoms with Crippen LogP contribution >= 0.6 is 0 Å². The second-order valence-electron chi connectivity index (χ2n) is 3.64. The van der Waals surface area contributed by atoms with E-state index in [1.807, 2.05) is 0 Å². The zero-order chi connectivity index (χ0) is 11.6. The molecule has 2 N–H and O–H groups in total. The maximum Gasteiger partial charge on any atom is 0.268 e. The summed E-state index contributed by atoms with van der Waals surface area (Å²) in [5, 5.41) is 0. The lowest BCUT2D eigenvalue weighted by Gasteiger charge is -2.04. The van der Waals surface area contributed by atoms with Gasteiger partial charge in [0.05, 0.1) is 12.4 Å². The minimum Gasteiger partial charge on any atom is -0.329 e. The van der Waals surface area contributed by atoms with Crippen molar-refractivity contribution in [2.45, 2.75) is 45.4 Å². The maximum absolute atomic E-state index is 11.1. The standard InChI is InChI=1S/C10H23NO3S/c1-2-3-4-5-6-7-9-14-15(12,13)10-8-11/h2-11H2,1H3. The van der Waals surface area contributed by atoms with Crippen LogP contribution in [0.4, 0.5) is 0 Å². The molecule has 0 aliphatic heterocycles. The fourth-order valence-electron chi connectivity index (χ4n) is 1.27. The molecule has 0 atom stereocenters. The maximum atomic E-state index is 11.1. The van der Waals surface area contributed by atoms with Gasteiger partial charge in [0.1, 0.15) is 0 Å². The molecule has 0 aromatic rings. The Kier molecular flexibility index (Phi) is 9.04. The topological polar surface area (TPSA) is 69.4 Å². The molecular formula is C10H23NO3S. The van der Waals surface area contributed by atoms with Gasteiger partial charge in [0.2, 0.25) is 0 Å². The van der Waals surface area contributed by atoms with Crippen LogP contribution in [0.5, 0.6) is 0 Å². The normalized spacial score (nSPS) is 11.9. The number of nitrogens with two attached hydrogens (primary N) is 1. The van der Waals surface area contributed by atoms with Crippen molar-refractivity contribution in [2.75, 3.05) is 18.9 Å². The molecule has 0 saturated heterocycles. The largest absolute Gasteiger partial charge is 0.329 e. The van der Waals surface area contributed by atoms with Crippen molar-refractivity contribution in [1.29, 1.82) is 0 Å². The van der Waals surface area contributed by atoms with Crippen LogP contribution in [0.2, 0.25) is 0 Å². The molecule has 0 aromatic carbocycles. The van der Waals surface area contributed by atoms with Crippen LogP contribution in [0, 0.1) is 0 Å². The van der Waals surface area contributed by atoms with Crippen molar-refractivity contribution in [3.05, 3.63) is 0 Å². The average molecular weight is 237 g/mol. The number of hydrogen-bond acceptors (Lipinski definition) is 4. The first kappa shape index (κ1) is 14.9. The minimum absolute atomic E-state index is 0.0805. The van der Waals surface area contributed by atoms with Gasteiger partial charge in [-0.3, -0.25) is 4.18 Å². The predicted octanol–water partition coefficient (Wildman–Crippen LogP) is 1.65. The van der Waals surface area contributed by atoms with Crippen LogP contribution in [0.15, 0.2) is 0 Å². The second-order valence-corrected chi connectivity index (χ2v) is 5.40. The van der Waals surface area contributed by atoms with Crippen LogP contribution in [0.3, 0.4) is 0 Å². The summed E-state index contributed by atoms with van der Waals surface area (Å²) in [6.45, 7) is 2.59. The van der Waals surface area contributed by atoms with Crippen LogP contribution < -0.4 is 5.73 Å². The van der Waals surface area contributed by atoms with E-state index < -0.39 is 10.1 Å². The molecule has 0 heterocycles. The number of rotatable bonds is 10. The first-order chi connectivity index (χ1) is 7.12. The van der Waals surface area contributed by atoms with E-state index in [0.717, 1.165) is 19.3 Å². The van der Waals surface area contributed by atoms with E-state index in [9.17, 15) is 8.42 Å². The molecule has 0 fully saturated rings. The molecule has 0 amide bonds. The quantitative estimate of drug-likeness (QED) is 0.463. The summed E-state index contributed by atoms with van der Waals surface area (Å²) in [6.07, 6.45) is 6.72. The fraction of sp³-hybridized carbons (Fsp3) is 1.00. The third-order valence-electron chi connectivity index (χ3n) is 2.13. The molecule has 0 radical (unpaired) electrons. The Morgan fingerprint density at radius 3 is 2.27 bits per heavy atom. The Bertz CT molecular complexity index is 227. The Labute approximate surface area is 93.3 Å². The third-order valence-corrected chi connectivity index (χ3v) is 3.39. The van der Waals surface area contributed by atoms with Gasteiger partial charge in [-0.15, -0.1) is 0 Å². The van der Waals surface area contributed by atoms with Gasteiger partial charge in [-0.25, -0.2) is 0 Å². The summed E-state index contributed by atoms with van der Waals surface area (Å²) in [6, 6.07) is 0. The van der Waals surface area contributed by atoms with Gasteiger partial charge in [0, 0.05) is 6.54 Å². The molecule has 0 rings (SSSR count). The highest BCUT2D eigenvalue weighted by molar-refractivity contribution is 7.86. The summed E-state index contributed by atoms with van der Waals surface area (Å²) in [5.74, 6) is -0.0805. The molecule has 0 unspecified atom stereocenters. The van der Waals surface area contributed by atoms with E-state index in [0.29, 0.717) is 6.61 Å². The molecule has 4 nitrogen and oxygen atoms in total. The van der Waals surface area contributed by atoms with E-state index in [-0.39, 0.29) is 12.3 Å². The number of hydrogen-bond donors (Lipinski definition) is 1. The van der Waals surface area contributed by atoms with Crippen LogP contribution in [0.25, 0.3) is 0 Å². The van der Waals surface area contributed by atoms with E-state index in [2.05, 4.69) is 6.92 Å². The lowest BCUT2D eigenvalue weighted by atomic mass is 10.1. The fourth-order valence-corrected chi connectivity index (χ4v) is 2.05. The zero-order valence-corrected chi connectivity index (χ0v) is 10.4. The van der Waals surface area contributed by atoms with E-state index in [1.165, 1.54) is 19.3 Å². The highest BCUT2D eigenvalue weighted by Gasteiger charge is 2.08. The molecule has 15 heavy (non-hydrogen) atoms. The van der Waals surface area contributed by atoms with Crippen molar-refractivity contribution in [2.24, 2.45) is 5.73 Å². The second kappa shape index (κ2) is 9.12. The average Bonchev–Trinajstić information content (AvgIpc) is 2.16. The highest BCUT2D eigenvalue weighted by Crippen LogP contribution is 2.05. The smallest absolute Gasteiger partial charge is 0.268 e. The summed E-state index contributed by atoms with van der Waals surface area (Å²) < 4.78 is 26.9. The van der Waals surface area contributed by atoms with Gasteiger partial charge in [0.15, 0.2) is 0 Å². The van der Waals surface area contributed by atoms with Crippen molar-refractivity contribution in [3.8, 4) is 0 Å². The summed E-state index contributed by atoms with van der Waals surface area (Å²) in [7, 11) is -3.35. The van der Waals surface area contributed by atoms with Crippen LogP contribution in [-0.2, 0) is 14.3 Å². The predicted molar refractivity (Wildman–Crippen MR) is 62.2 cm³/mol. The molecule has 0 aliphatic rings. The van der Waals surface area contributed by atoms with Crippen LogP contribution in [-0.4, -0.2) is 27.3 Å². The highest BCUT2D eigenvalue weighted by atomic mass is 32.2. The molecule has 0 aliphatic carbocycles. The first-order valence-corrected chi connectivity index (χ1v) is 7.27. The van der Waals surface area contributed by atoms with Gasteiger partial charge in [-0.2, -0.15) is 8.42 Å². The molecule has 92 valence electrons. The zero-order valence-electron chi connectivity index (χ0n) is 9.57. The van der Waals surface area contributed by atoms with E-state index in [1.54, 1.807) is 0 Å². The van der Waals surface area contributed by atoms with E-state index >= 15 is 0 Å². The van der Waals surface area contributed by atoms with Crippen molar-refractivity contribution >= 4 is 10.1 Å². The summed E-state index contributed by atoms with van der Waals surface area (Å²) in [4.78, 5) is 0. The summed E-state index contributed by atoms with van der Waals surface area (Å²) in [5.41, 5.74) is 5.14. The molecule has 0 aromatic heterocycles. The van der Waals surface area contributed by atoms with Gasteiger partial charge >= 0.3 is 0 Å². The lowest BCUT2D eigenvalue weighted by molar-refractivity contribution is 0.306. The Hall–Kier alpha value is -0.130. The monoisotopic (exact) mass is 237 g/mol. The van der Waals surface area contributed by atoms with Gasteiger partial charge in [0.25, 0.3) is 10.1 Å².